The number of halogens is 1. The van der Waals surface area contributed by atoms with Crippen molar-refractivity contribution in [1.82, 2.24) is 10.2 Å². The van der Waals surface area contributed by atoms with Crippen molar-refractivity contribution in [3.05, 3.63) is 40.6 Å². The summed E-state index contributed by atoms with van der Waals surface area (Å²) >= 11 is 0.667. The fourth-order valence-corrected chi connectivity index (χ4v) is 5.22. The molecule has 1 atom stereocenters. The summed E-state index contributed by atoms with van der Waals surface area (Å²) in [5.74, 6) is -1.83. The van der Waals surface area contributed by atoms with E-state index in [0.717, 1.165) is 4.90 Å². The van der Waals surface area contributed by atoms with Crippen LogP contribution in [0.25, 0.3) is 6.08 Å². The number of rotatable bonds is 4. The minimum atomic E-state index is -3.14. The zero-order valence-electron chi connectivity index (χ0n) is 13.5. The van der Waals surface area contributed by atoms with Crippen LogP contribution in [0.3, 0.4) is 0 Å². The lowest BCUT2D eigenvalue weighted by Crippen LogP contribution is -2.43. The summed E-state index contributed by atoms with van der Waals surface area (Å²) in [7, 11) is -3.14. The van der Waals surface area contributed by atoms with Gasteiger partial charge >= 0.3 is 0 Å². The third-order valence-corrected chi connectivity index (χ3v) is 6.59. The second-order valence-corrected chi connectivity index (χ2v) is 9.21. The molecule has 0 aliphatic carbocycles. The monoisotopic (exact) mass is 398 g/mol. The van der Waals surface area contributed by atoms with E-state index >= 15 is 0 Å². The lowest BCUT2D eigenvalue weighted by Gasteiger charge is -2.15. The number of imide groups is 1. The van der Waals surface area contributed by atoms with Crippen LogP contribution in [0.15, 0.2) is 29.2 Å². The van der Waals surface area contributed by atoms with E-state index in [2.05, 4.69) is 5.32 Å². The number of carbonyl (C=O) groups is 3. The number of nitrogens with zero attached hydrogens (tertiary/aromatic N) is 1. The molecule has 2 aliphatic rings. The molecule has 0 aromatic heterocycles. The van der Waals surface area contributed by atoms with E-state index < -0.39 is 45.3 Å². The Bertz CT molecular complexity index is 913. The number of nitrogens with one attached hydrogen (secondary N) is 1. The van der Waals surface area contributed by atoms with E-state index in [1.54, 1.807) is 6.07 Å². The molecule has 2 aliphatic heterocycles. The third kappa shape index (κ3) is 4.31. The van der Waals surface area contributed by atoms with Crippen molar-refractivity contribution in [1.29, 1.82) is 0 Å². The molecular weight excluding hydrogens is 383 g/mol. The SMILES string of the molecule is O=C(CN1C(=O)S/C(=C\c2cccc(F)c2)C1=O)NC1CCS(=O)(=O)C1. The smallest absolute Gasteiger partial charge is 0.294 e. The van der Waals surface area contributed by atoms with E-state index in [1.807, 2.05) is 0 Å². The van der Waals surface area contributed by atoms with Gasteiger partial charge in [0.05, 0.1) is 16.4 Å². The Morgan fingerprint density at radius 2 is 2.15 bits per heavy atom. The van der Waals surface area contributed by atoms with Crippen molar-refractivity contribution in [3.63, 3.8) is 0 Å². The molecule has 3 amide bonds. The van der Waals surface area contributed by atoms with E-state index in [-0.39, 0.29) is 16.4 Å². The third-order valence-electron chi connectivity index (χ3n) is 3.92. The molecule has 2 fully saturated rings. The molecule has 138 valence electrons. The van der Waals surface area contributed by atoms with Gasteiger partial charge in [-0.05, 0) is 42.0 Å². The number of sulfone groups is 1. The quantitative estimate of drug-likeness (QED) is 0.764. The minimum Gasteiger partial charge on any atom is -0.351 e. The molecule has 0 saturated carbocycles. The number of amides is 3. The van der Waals surface area contributed by atoms with Gasteiger partial charge in [0, 0.05) is 6.04 Å². The topological polar surface area (TPSA) is 101 Å². The van der Waals surface area contributed by atoms with Crippen molar-refractivity contribution < 1.29 is 27.2 Å². The zero-order chi connectivity index (χ0) is 18.9. The maximum atomic E-state index is 13.2. The van der Waals surface area contributed by atoms with Crippen molar-refractivity contribution in [2.45, 2.75) is 12.5 Å². The van der Waals surface area contributed by atoms with Gasteiger partial charge in [0.1, 0.15) is 12.4 Å². The maximum absolute atomic E-state index is 13.2. The summed E-state index contributed by atoms with van der Waals surface area (Å²) in [5.41, 5.74) is 0.427. The molecule has 10 heteroatoms. The summed E-state index contributed by atoms with van der Waals surface area (Å²) in [4.78, 5) is 37.2. The average molecular weight is 398 g/mol. The Balaban J connectivity index is 1.65. The highest BCUT2D eigenvalue weighted by molar-refractivity contribution is 8.18. The van der Waals surface area contributed by atoms with Crippen molar-refractivity contribution in [2.75, 3.05) is 18.1 Å². The molecule has 3 rings (SSSR count). The van der Waals surface area contributed by atoms with Gasteiger partial charge < -0.3 is 5.32 Å². The van der Waals surface area contributed by atoms with Gasteiger partial charge in [-0.3, -0.25) is 19.3 Å². The molecule has 0 spiro atoms. The molecule has 0 radical (unpaired) electrons. The van der Waals surface area contributed by atoms with Crippen LogP contribution in [-0.2, 0) is 19.4 Å². The Kier molecular flexibility index (Phi) is 5.15. The number of hydrogen-bond acceptors (Lipinski definition) is 6. The Hall–Kier alpha value is -2.20. The number of benzene rings is 1. The van der Waals surface area contributed by atoms with Crippen LogP contribution in [0.5, 0.6) is 0 Å². The average Bonchev–Trinajstić information content (AvgIpc) is 3.01. The van der Waals surface area contributed by atoms with Gasteiger partial charge in [-0.25, -0.2) is 12.8 Å². The van der Waals surface area contributed by atoms with Crippen LogP contribution in [0.2, 0.25) is 0 Å². The number of hydrogen-bond donors (Lipinski definition) is 1. The highest BCUT2D eigenvalue weighted by Crippen LogP contribution is 2.32. The van der Waals surface area contributed by atoms with Gasteiger partial charge in [0.25, 0.3) is 11.1 Å². The molecule has 1 aromatic rings. The fraction of sp³-hybridized carbons (Fsp3) is 0.312. The second-order valence-electron chi connectivity index (χ2n) is 5.99. The summed E-state index contributed by atoms with van der Waals surface area (Å²) in [6, 6.07) is 5.05. The highest BCUT2D eigenvalue weighted by Gasteiger charge is 2.37. The van der Waals surface area contributed by atoms with Crippen molar-refractivity contribution in [3.8, 4) is 0 Å². The van der Waals surface area contributed by atoms with E-state index in [1.165, 1.54) is 24.3 Å². The van der Waals surface area contributed by atoms with Crippen LogP contribution in [0.4, 0.5) is 9.18 Å². The lowest BCUT2D eigenvalue weighted by atomic mass is 10.2. The van der Waals surface area contributed by atoms with Crippen molar-refractivity contribution >= 4 is 44.7 Å². The van der Waals surface area contributed by atoms with Gasteiger partial charge in [-0.1, -0.05) is 12.1 Å². The molecule has 0 bridgehead atoms. The standard InChI is InChI=1S/C16H15FN2O5S2/c17-11-3-1-2-10(6-11)7-13-15(21)19(16(22)25-13)8-14(20)18-12-4-5-26(23,24)9-12/h1-3,6-7,12H,4-5,8-9H2,(H,18,20)/b13-7-. The molecule has 1 unspecified atom stereocenters. The van der Waals surface area contributed by atoms with Crippen LogP contribution in [0.1, 0.15) is 12.0 Å². The largest absolute Gasteiger partial charge is 0.351 e. The molecule has 1 aromatic carbocycles. The normalized spacial score (nSPS) is 23.7. The summed E-state index contributed by atoms with van der Waals surface area (Å²) in [6.45, 7) is -0.484. The first-order chi connectivity index (χ1) is 12.2. The summed E-state index contributed by atoms with van der Waals surface area (Å²) < 4.78 is 36.0. The molecule has 26 heavy (non-hydrogen) atoms. The fourth-order valence-electron chi connectivity index (χ4n) is 2.71. The maximum Gasteiger partial charge on any atom is 0.294 e. The van der Waals surface area contributed by atoms with E-state index in [9.17, 15) is 27.2 Å². The van der Waals surface area contributed by atoms with Crippen molar-refractivity contribution in [2.24, 2.45) is 0 Å². The van der Waals surface area contributed by atoms with E-state index in [4.69, 9.17) is 0 Å². The molecule has 7 nitrogen and oxygen atoms in total. The van der Waals surface area contributed by atoms with Gasteiger partial charge in [0.15, 0.2) is 9.84 Å². The van der Waals surface area contributed by atoms with Crippen LogP contribution in [-0.4, -0.2) is 54.5 Å². The molecular formula is C16H15FN2O5S2. The van der Waals surface area contributed by atoms with Crippen LogP contribution < -0.4 is 5.32 Å². The first-order valence-corrected chi connectivity index (χ1v) is 10.4. The Morgan fingerprint density at radius 1 is 1.38 bits per heavy atom. The van der Waals surface area contributed by atoms with Gasteiger partial charge in [0.2, 0.25) is 5.91 Å². The zero-order valence-corrected chi connectivity index (χ0v) is 15.1. The first kappa shape index (κ1) is 18.6. The number of carbonyl (C=O) groups excluding carboxylic acids is 3. The predicted molar refractivity (Wildman–Crippen MR) is 94.3 cm³/mol. The van der Waals surface area contributed by atoms with E-state index in [0.29, 0.717) is 23.7 Å². The van der Waals surface area contributed by atoms with Crippen LogP contribution >= 0.6 is 11.8 Å². The predicted octanol–water partition coefficient (Wildman–Crippen LogP) is 1.17. The first-order valence-electron chi connectivity index (χ1n) is 7.74. The Labute approximate surface area is 153 Å². The van der Waals surface area contributed by atoms with Gasteiger partial charge in [-0.15, -0.1) is 0 Å². The summed E-state index contributed by atoms with van der Waals surface area (Å²) in [6.07, 6.45) is 1.70. The second kappa shape index (κ2) is 7.20. The molecule has 2 saturated heterocycles. The highest BCUT2D eigenvalue weighted by atomic mass is 32.2. The minimum absolute atomic E-state index is 0.00982. The lowest BCUT2D eigenvalue weighted by molar-refractivity contribution is -0.129. The molecule has 2 heterocycles. The van der Waals surface area contributed by atoms with Crippen LogP contribution in [0, 0.1) is 5.82 Å². The Morgan fingerprint density at radius 3 is 2.81 bits per heavy atom. The summed E-state index contributed by atoms with van der Waals surface area (Å²) in [5, 5.41) is 1.93. The molecule has 1 N–H and O–H groups in total. The number of thioether (sulfide) groups is 1. The van der Waals surface area contributed by atoms with Gasteiger partial charge in [-0.2, -0.15) is 0 Å².